The smallest absolute Gasteiger partial charge is 0.270 e. The number of nitro groups is 1. The zero-order valence-corrected chi connectivity index (χ0v) is 18.9. The maximum atomic E-state index is 11.2. The largest absolute Gasteiger partial charge is 0.496 e. The third-order valence-corrected chi connectivity index (χ3v) is 6.80. The maximum absolute atomic E-state index is 11.2. The van der Waals surface area contributed by atoms with E-state index in [0.717, 1.165) is 52.5 Å². The highest BCUT2D eigenvalue weighted by molar-refractivity contribution is 7.98. The molecule has 9 nitrogen and oxygen atoms in total. The first-order valence-electron chi connectivity index (χ1n) is 10.7. The number of rotatable bonds is 8. The van der Waals surface area contributed by atoms with Gasteiger partial charge in [-0.15, -0.1) is 10.2 Å². The lowest BCUT2D eigenvalue weighted by molar-refractivity contribution is -0.384. The average molecular weight is 466 g/mol. The number of hydrogen-bond donors (Lipinski definition) is 1. The summed E-state index contributed by atoms with van der Waals surface area (Å²) in [6, 6.07) is 12.7. The van der Waals surface area contributed by atoms with Crippen LogP contribution in [0.5, 0.6) is 5.75 Å². The number of nitrogens with one attached hydrogen (secondary N) is 1. The summed E-state index contributed by atoms with van der Waals surface area (Å²) in [6.07, 6.45) is 4.10. The molecule has 0 saturated carbocycles. The predicted octanol–water partition coefficient (Wildman–Crippen LogP) is 4.81. The summed E-state index contributed by atoms with van der Waals surface area (Å²) < 4.78 is 13.4. The standard InChI is InChI=1S/C23H23N5O4S/c1-31-21-9-8-16(28(29)30)11-15(21)14-33-23-26-25-22(27(23)13-17-5-4-10-32-17)19-12-24-20-7-3-2-6-18(19)20/h2-3,6-9,11-12,17,24H,4-5,10,13-14H2,1H3. The Morgan fingerprint density at radius 1 is 1.30 bits per heavy atom. The Labute approximate surface area is 194 Å². The molecule has 2 aromatic heterocycles. The second kappa shape index (κ2) is 9.24. The zero-order valence-electron chi connectivity index (χ0n) is 18.1. The van der Waals surface area contributed by atoms with E-state index in [2.05, 4.69) is 25.8 Å². The fourth-order valence-electron chi connectivity index (χ4n) is 4.14. The number of H-pyrrole nitrogens is 1. The number of benzene rings is 2. The molecule has 0 amide bonds. The van der Waals surface area contributed by atoms with Crippen molar-refractivity contribution in [1.29, 1.82) is 0 Å². The molecule has 33 heavy (non-hydrogen) atoms. The predicted molar refractivity (Wildman–Crippen MR) is 125 cm³/mol. The minimum atomic E-state index is -0.400. The van der Waals surface area contributed by atoms with Gasteiger partial charge in [-0.1, -0.05) is 30.0 Å². The van der Waals surface area contributed by atoms with Crippen molar-refractivity contribution in [3.8, 4) is 17.1 Å². The molecule has 4 aromatic rings. The molecule has 0 bridgehead atoms. The van der Waals surface area contributed by atoms with Crippen molar-refractivity contribution >= 4 is 28.4 Å². The van der Waals surface area contributed by atoms with Gasteiger partial charge < -0.3 is 14.5 Å². The van der Waals surface area contributed by atoms with Crippen LogP contribution in [0, 0.1) is 10.1 Å². The van der Waals surface area contributed by atoms with Gasteiger partial charge in [-0.25, -0.2) is 0 Å². The van der Waals surface area contributed by atoms with Crippen LogP contribution in [-0.4, -0.2) is 44.5 Å². The fraction of sp³-hybridized carbons (Fsp3) is 0.304. The van der Waals surface area contributed by atoms with Gasteiger partial charge in [0.15, 0.2) is 11.0 Å². The Balaban J connectivity index is 1.49. The number of hydrogen-bond acceptors (Lipinski definition) is 7. The molecule has 170 valence electrons. The monoisotopic (exact) mass is 465 g/mol. The van der Waals surface area contributed by atoms with E-state index in [0.29, 0.717) is 18.0 Å². The number of para-hydroxylation sites is 1. The third-order valence-electron chi connectivity index (χ3n) is 5.79. The normalized spacial score (nSPS) is 15.8. The van der Waals surface area contributed by atoms with E-state index in [4.69, 9.17) is 9.47 Å². The molecule has 3 heterocycles. The molecule has 2 aromatic carbocycles. The van der Waals surface area contributed by atoms with Crippen LogP contribution in [0.25, 0.3) is 22.3 Å². The van der Waals surface area contributed by atoms with E-state index in [9.17, 15) is 10.1 Å². The summed E-state index contributed by atoms with van der Waals surface area (Å²) in [7, 11) is 1.56. The highest BCUT2D eigenvalue weighted by Crippen LogP contribution is 2.34. The fourth-order valence-corrected chi connectivity index (χ4v) is 5.07. The molecule has 5 rings (SSSR count). The van der Waals surface area contributed by atoms with E-state index >= 15 is 0 Å². The van der Waals surface area contributed by atoms with E-state index < -0.39 is 4.92 Å². The van der Waals surface area contributed by atoms with Crippen LogP contribution in [0.2, 0.25) is 0 Å². The Kier molecular flexibility index (Phi) is 6.01. The number of non-ortho nitro benzene ring substituents is 1. The topological polar surface area (TPSA) is 108 Å². The zero-order chi connectivity index (χ0) is 22.8. The summed E-state index contributed by atoms with van der Waals surface area (Å²) in [5.74, 6) is 1.84. The minimum absolute atomic E-state index is 0.0340. The van der Waals surface area contributed by atoms with Gasteiger partial charge in [0.05, 0.1) is 24.7 Å². The van der Waals surface area contributed by atoms with Gasteiger partial charge in [0.25, 0.3) is 5.69 Å². The molecule has 1 fully saturated rings. The lowest BCUT2D eigenvalue weighted by atomic mass is 10.1. The summed E-state index contributed by atoms with van der Waals surface area (Å²) in [5.41, 5.74) is 2.79. The lowest BCUT2D eigenvalue weighted by Gasteiger charge is -2.15. The van der Waals surface area contributed by atoms with Crippen LogP contribution >= 0.6 is 11.8 Å². The van der Waals surface area contributed by atoms with Crippen molar-refractivity contribution in [1.82, 2.24) is 19.7 Å². The van der Waals surface area contributed by atoms with Gasteiger partial charge in [0.1, 0.15) is 5.75 Å². The van der Waals surface area contributed by atoms with Gasteiger partial charge in [-0.05, 0) is 25.0 Å². The van der Waals surface area contributed by atoms with Crippen LogP contribution in [-0.2, 0) is 17.0 Å². The molecule has 1 aliphatic heterocycles. The summed E-state index contributed by atoms with van der Waals surface area (Å²) in [4.78, 5) is 14.1. The highest BCUT2D eigenvalue weighted by atomic mass is 32.2. The number of ether oxygens (including phenoxy) is 2. The molecule has 10 heteroatoms. The molecule has 0 spiro atoms. The van der Waals surface area contributed by atoms with E-state index in [1.54, 1.807) is 19.2 Å². The van der Waals surface area contributed by atoms with Crippen molar-refractivity contribution in [3.63, 3.8) is 0 Å². The number of thioether (sulfide) groups is 1. The SMILES string of the molecule is COc1ccc([N+](=O)[O-])cc1CSc1nnc(-c2c[nH]c3ccccc23)n1CC1CCCO1. The van der Waals surface area contributed by atoms with Crippen LogP contribution in [0.4, 0.5) is 5.69 Å². The van der Waals surface area contributed by atoms with Gasteiger partial charge in [-0.2, -0.15) is 0 Å². The molecule has 1 N–H and O–H groups in total. The van der Waals surface area contributed by atoms with Gasteiger partial charge in [0.2, 0.25) is 0 Å². The number of nitro benzene ring substituents is 1. The molecule has 0 aliphatic carbocycles. The van der Waals surface area contributed by atoms with Crippen molar-refractivity contribution in [2.45, 2.75) is 36.4 Å². The summed E-state index contributed by atoms with van der Waals surface area (Å²) >= 11 is 1.48. The van der Waals surface area contributed by atoms with Crippen LogP contribution in [0.15, 0.2) is 53.8 Å². The molecule has 0 radical (unpaired) electrons. The van der Waals surface area contributed by atoms with Crippen molar-refractivity contribution in [3.05, 3.63) is 64.3 Å². The molecule has 1 atom stereocenters. The first-order valence-corrected chi connectivity index (χ1v) is 11.7. The molecular formula is C23H23N5O4S. The summed E-state index contributed by atoms with van der Waals surface area (Å²) in [5, 5.41) is 22.1. The third kappa shape index (κ3) is 4.31. The molecular weight excluding hydrogens is 442 g/mol. The van der Waals surface area contributed by atoms with Gasteiger partial charge in [-0.3, -0.25) is 14.7 Å². The van der Waals surface area contributed by atoms with Crippen LogP contribution in [0.3, 0.4) is 0 Å². The van der Waals surface area contributed by atoms with Gasteiger partial charge in [0, 0.05) is 52.7 Å². The maximum Gasteiger partial charge on any atom is 0.270 e. The molecule has 1 unspecified atom stereocenters. The summed E-state index contributed by atoms with van der Waals surface area (Å²) in [6.45, 7) is 1.42. The molecule has 1 saturated heterocycles. The number of nitrogens with zero attached hydrogens (tertiary/aromatic N) is 4. The number of aromatic amines is 1. The number of aromatic nitrogens is 4. The Morgan fingerprint density at radius 2 is 2.18 bits per heavy atom. The second-order valence-corrected chi connectivity index (χ2v) is 8.78. The Morgan fingerprint density at radius 3 is 2.97 bits per heavy atom. The first-order chi connectivity index (χ1) is 16.1. The Hall–Kier alpha value is -3.37. The molecule has 1 aliphatic rings. The first kappa shape index (κ1) is 21.5. The van der Waals surface area contributed by atoms with Crippen molar-refractivity contribution in [2.75, 3.05) is 13.7 Å². The van der Waals surface area contributed by atoms with Crippen LogP contribution < -0.4 is 4.74 Å². The van der Waals surface area contributed by atoms with Crippen molar-refractivity contribution in [2.24, 2.45) is 0 Å². The Bertz CT molecular complexity index is 1300. The second-order valence-electron chi connectivity index (χ2n) is 7.84. The highest BCUT2D eigenvalue weighted by Gasteiger charge is 2.23. The average Bonchev–Trinajstić information content (AvgIpc) is 3.58. The minimum Gasteiger partial charge on any atom is -0.496 e. The van der Waals surface area contributed by atoms with E-state index in [-0.39, 0.29) is 11.8 Å². The lowest BCUT2D eigenvalue weighted by Crippen LogP contribution is -2.16. The van der Waals surface area contributed by atoms with E-state index in [1.807, 2.05) is 24.4 Å². The van der Waals surface area contributed by atoms with E-state index in [1.165, 1.54) is 17.8 Å². The van der Waals surface area contributed by atoms with Crippen LogP contribution in [0.1, 0.15) is 18.4 Å². The quantitative estimate of drug-likeness (QED) is 0.226. The van der Waals surface area contributed by atoms with Gasteiger partial charge >= 0.3 is 0 Å². The van der Waals surface area contributed by atoms with Crippen molar-refractivity contribution < 1.29 is 14.4 Å². The number of methoxy groups -OCH3 is 1. The number of fused-ring (bicyclic) bond motifs is 1.